The lowest BCUT2D eigenvalue weighted by molar-refractivity contribution is 0.0889. The number of hydrogen-bond acceptors (Lipinski definition) is 5. The molecular weight excluding hydrogens is 394 g/mol. The first-order valence-electron chi connectivity index (χ1n) is 9.29. The molecule has 2 N–H and O–H groups in total. The minimum Gasteiger partial charge on any atom is -0.453 e. The molecule has 1 aromatic carbocycles. The predicted molar refractivity (Wildman–Crippen MR) is 112 cm³/mol. The topological polar surface area (TPSA) is 86.8 Å². The smallest absolute Gasteiger partial charge is 0.409 e. The van der Waals surface area contributed by atoms with Gasteiger partial charge >= 0.3 is 12.1 Å². The van der Waals surface area contributed by atoms with Gasteiger partial charge in [-0.25, -0.2) is 9.59 Å². The number of carbonyl (C=O) groups excluding carboxylic acids is 2. The second-order valence-corrected chi connectivity index (χ2v) is 7.16. The van der Waals surface area contributed by atoms with Crippen LogP contribution in [0.1, 0.15) is 11.3 Å². The number of aromatic nitrogens is 1. The maximum absolute atomic E-state index is 12.3. The van der Waals surface area contributed by atoms with Crippen LogP contribution in [0.2, 0.25) is 5.02 Å². The van der Waals surface area contributed by atoms with Crippen molar-refractivity contribution in [3.8, 4) is 0 Å². The van der Waals surface area contributed by atoms with Gasteiger partial charge in [-0.15, -0.1) is 0 Å². The zero-order valence-corrected chi connectivity index (χ0v) is 17.2. The van der Waals surface area contributed by atoms with E-state index in [-0.39, 0.29) is 12.1 Å². The van der Waals surface area contributed by atoms with E-state index in [1.807, 2.05) is 25.1 Å². The summed E-state index contributed by atoms with van der Waals surface area (Å²) < 4.78 is 4.76. The van der Waals surface area contributed by atoms with Crippen molar-refractivity contribution in [2.45, 2.75) is 13.5 Å². The molecule has 0 atom stereocenters. The fraction of sp³-hybridized carbons (Fsp3) is 0.350. The van der Waals surface area contributed by atoms with Gasteiger partial charge in [0.15, 0.2) is 0 Å². The molecule has 2 aromatic rings. The molecule has 3 amide bonds. The zero-order valence-electron chi connectivity index (χ0n) is 16.4. The molecule has 0 bridgehead atoms. The number of rotatable bonds is 4. The number of nitrogens with zero attached hydrogens (tertiary/aromatic N) is 3. The van der Waals surface area contributed by atoms with Gasteiger partial charge in [0.05, 0.1) is 29.7 Å². The first kappa shape index (κ1) is 20.9. The summed E-state index contributed by atoms with van der Waals surface area (Å²) in [4.78, 5) is 31.9. The van der Waals surface area contributed by atoms with E-state index in [0.717, 1.165) is 24.3 Å². The normalized spacial score (nSPS) is 14.4. The Balaban J connectivity index is 1.58. The molecule has 3 rings (SSSR count). The van der Waals surface area contributed by atoms with E-state index in [9.17, 15) is 9.59 Å². The quantitative estimate of drug-likeness (QED) is 0.794. The van der Waals surface area contributed by atoms with Gasteiger partial charge in [-0.3, -0.25) is 9.88 Å². The Morgan fingerprint density at radius 3 is 2.55 bits per heavy atom. The van der Waals surface area contributed by atoms with Crippen molar-refractivity contribution in [1.82, 2.24) is 14.8 Å². The Kier molecular flexibility index (Phi) is 6.90. The molecule has 0 spiro atoms. The summed E-state index contributed by atoms with van der Waals surface area (Å²) in [6, 6.07) is 8.77. The molecule has 1 aromatic heterocycles. The fourth-order valence-corrected chi connectivity index (χ4v) is 3.32. The van der Waals surface area contributed by atoms with E-state index in [4.69, 9.17) is 16.3 Å². The summed E-state index contributed by atoms with van der Waals surface area (Å²) >= 11 is 6.53. The van der Waals surface area contributed by atoms with Crippen molar-refractivity contribution in [2.24, 2.45) is 0 Å². The second-order valence-electron chi connectivity index (χ2n) is 6.78. The number of methoxy groups -OCH3 is 1. The van der Waals surface area contributed by atoms with Crippen molar-refractivity contribution in [2.75, 3.05) is 43.9 Å². The Morgan fingerprint density at radius 1 is 1.14 bits per heavy atom. The number of urea groups is 1. The van der Waals surface area contributed by atoms with Crippen molar-refractivity contribution in [3.05, 3.63) is 52.8 Å². The highest BCUT2D eigenvalue weighted by molar-refractivity contribution is 6.34. The molecule has 0 saturated carbocycles. The van der Waals surface area contributed by atoms with Crippen molar-refractivity contribution in [1.29, 1.82) is 0 Å². The molecule has 1 aliphatic heterocycles. The maximum atomic E-state index is 12.3. The Labute approximate surface area is 174 Å². The zero-order chi connectivity index (χ0) is 20.8. The fourth-order valence-electron chi connectivity index (χ4n) is 3.08. The highest BCUT2D eigenvalue weighted by Gasteiger charge is 2.22. The Bertz CT molecular complexity index is 867. The third-order valence-electron chi connectivity index (χ3n) is 4.70. The third kappa shape index (κ3) is 5.58. The van der Waals surface area contributed by atoms with Crippen LogP contribution in [0.4, 0.5) is 21.0 Å². The van der Waals surface area contributed by atoms with Gasteiger partial charge in [-0.05, 0) is 30.7 Å². The Hall–Kier alpha value is -2.84. The van der Waals surface area contributed by atoms with E-state index in [1.54, 1.807) is 23.2 Å². The summed E-state index contributed by atoms with van der Waals surface area (Å²) in [5.41, 5.74) is 2.92. The monoisotopic (exact) mass is 417 g/mol. The van der Waals surface area contributed by atoms with Crippen LogP contribution in [-0.2, 0) is 11.3 Å². The summed E-state index contributed by atoms with van der Waals surface area (Å²) in [7, 11) is 1.39. The number of ether oxygens (including phenoxy) is 1. The number of amides is 3. The number of halogens is 1. The van der Waals surface area contributed by atoms with Crippen LogP contribution in [0.25, 0.3) is 0 Å². The van der Waals surface area contributed by atoms with Crippen LogP contribution in [-0.4, -0.2) is 60.2 Å². The summed E-state index contributed by atoms with van der Waals surface area (Å²) in [5, 5.41) is 6.02. The highest BCUT2D eigenvalue weighted by Crippen LogP contribution is 2.27. The molecule has 2 heterocycles. The molecule has 1 fully saturated rings. The molecule has 154 valence electrons. The van der Waals surface area contributed by atoms with Crippen LogP contribution < -0.4 is 10.6 Å². The second kappa shape index (κ2) is 9.58. The first-order chi connectivity index (χ1) is 14.0. The summed E-state index contributed by atoms with van der Waals surface area (Å²) in [5.74, 6) is 0. The standard InChI is InChI=1S/C20H24ClN5O3/c1-14-6-7-16(12-22-14)23-19(27)24-17-5-3-4-15(18(17)21)13-25-8-10-26(11-9-25)20(28)29-2/h3-7,12H,8-11,13H2,1-2H3,(H2,23,24,27). The van der Waals surface area contributed by atoms with Crippen LogP contribution in [0.5, 0.6) is 0 Å². The lowest BCUT2D eigenvalue weighted by atomic mass is 10.1. The molecule has 8 nitrogen and oxygen atoms in total. The van der Waals surface area contributed by atoms with Gasteiger partial charge in [-0.1, -0.05) is 23.7 Å². The minimum absolute atomic E-state index is 0.302. The van der Waals surface area contributed by atoms with Gasteiger partial charge in [0.2, 0.25) is 0 Å². The number of nitrogens with one attached hydrogen (secondary N) is 2. The SMILES string of the molecule is COC(=O)N1CCN(Cc2cccc(NC(=O)Nc3ccc(C)nc3)c2Cl)CC1. The number of piperazine rings is 1. The maximum Gasteiger partial charge on any atom is 0.409 e. The van der Waals surface area contributed by atoms with Gasteiger partial charge in [0, 0.05) is 38.4 Å². The molecule has 0 unspecified atom stereocenters. The van der Waals surface area contributed by atoms with Crippen LogP contribution >= 0.6 is 11.6 Å². The highest BCUT2D eigenvalue weighted by atomic mass is 35.5. The minimum atomic E-state index is -0.388. The molecular formula is C20H24ClN5O3. The number of hydrogen-bond donors (Lipinski definition) is 2. The van der Waals surface area contributed by atoms with Crippen LogP contribution in [0.3, 0.4) is 0 Å². The third-order valence-corrected chi connectivity index (χ3v) is 5.14. The number of carbonyl (C=O) groups is 2. The molecule has 1 aliphatic rings. The van der Waals surface area contributed by atoms with E-state index in [1.165, 1.54) is 7.11 Å². The lowest BCUT2D eigenvalue weighted by Crippen LogP contribution is -2.48. The van der Waals surface area contributed by atoms with Crippen molar-refractivity contribution >= 4 is 35.1 Å². The number of benzene rings is 1. The number of anilines is 2. The van der Waals surface area contributed by atoms with Gasteiger partial charge < -0.3 is 20.3 Å². The molecule has 29 heavy (non-hydrogen) atoms. The predicted octanol–water partition coefficient (Wildman–Crippen LogP) is 3.57. The number of pyridine rings is 1. The first-order valence-corrected chi connectivity index (χ1v) is 9.67. The molecule has 9 heteroatoms. The summed E-state index contributed by atoms with van der Waals surface area (Å²) in [6.45, 7) is 5.18. The van der Waals surface area contributed by atoms with Gasteiger partial charge in [0.1, 0.15) is 0 Å². The lowest BCUT2D eigenvalue weighted by Gasteiger charge is -2.34. The van der Waals surface area contributed by atoms with Crippen molar-refractivity contribution in [3.63, 3.8) is 0 Å². The van der Waals surface area contributed by atoms with Gasteiger partial charge in [0.25, 0.3) is 0 Å². The van der Waals surface area contributed by atoms with Crippen molar-refractivity contribution < 1.29 is 14.3 Å². The van der Waals surface area contributed by atoms with Crippen LogP contribution in [0.15, 0.2) is 36.5 Å². The van der Waals surface area contributed by atoms with E-state index < -0.39 is 0 Å². The average molecular weight is 418 g/mol. The molecule has 0 radical (unpaired) electrons. The summed E-state index contributed by atoms with van der Waals surface area (Å²) in [6.07, 6.45) is 1.30. The van der Waals surface area contributed by atoms with E-state index in [2.05, 4.69) is 20.5 Å². The molecule has 0 aliphatic carbocycles. The average Bonchev–Trinajstić information content (AvgIpc) is 2.72. The largest absolute Gasteiger partial charge is 0.453 e. The van der Waals surface area contributed by atoms with E-state index >= 15 is 0 Å². The number of aryl methyl sites for hydroxylation is 1. The molecule has 1 saturated heterocycles. The van der Waals surface area contributed by atoms with Gasteiger partial charge in [-0.2, -0.15) is 0 Å². The Morgan fingerprint density at radius 2 is 1.90 bits per heavy atom. The van der Waals surface area contributed by atoms with Crippen LogP contribution in [0, 0.1) is 6.92 Å². The van der Waals surface area contributed by atoms with E-state index in [0.29, 0.717) is 36.0 Å².